The van der Waals surface area contributed by atoms with Crippen LogP contribution >= 0.6 is 11.3 Å². The molecule has 0 amide bonds. The van der Waals surface area contributed by atoms with E-state index in [4.69, 9.17) is 0 Å². The van der Waals surface area contributed by atoms with E-state index in [2.05, 4.69) is 27.7 Å². The minimum atomic E-state index is 1.20. The van der Waals surface area contributed by atoms with Crippen LogP contribution in [0.5, 0.6) is 0 Å². The minimum Gasteiger partial charge on any atom is -0.145 e. The van der Waals surface area contributed by atoms with Crippen molar-refractivity contribution in [3.05, 3.63) is 20.9 Å². The van der Waals surface area contributed by atoms with Crippen molar-refractivity contribution in [1.82, 2.24) is 0 Å². The van der Waals surface area contributed by atoms with Gasteiger partial charge in [0.15, 0.2) is 0 Å². The van der Waals surface area contributed by atoms with Gasteiger partial charge in [-0.25, -0.2) is 0 Å². The van der Waals surface area contributed by atoms with E-state index >= 15 is 0 Å². The molecule has 12 heavy (non-hydrogen) atoms. The lowest BCUT2D eigenvalue weighted by atomic mass is 10.0. The zero-order chi connectivity index (χ0) is 9.14. The van der Waals surface area contributed by atoms with Crippen LogP contribution in [0.3, 0.4) is 0 Å². The van der Waals surface area contributed by atoms with Gasteiger partial charge in [-0.1, -0.05) is 20.8 Å². The van der Waals surface area contributed by atoms with Gasteiger partial charge in [0, 0.05) is 9.75 Å². The van der Waals surface area contributed by atoms with Crippen molar-refractivity contribution in [3.8, 4) is 0 Å². The Morgan fingerprint density at radius 1 is 0.917 bits per heavy atom. The number of aryl methyl sites for hydroxylation is 2. The van der Waals surface area contributed by atoms with Gasteiger partial charge in [0.05, 0.1) is 0 Å². The van der Waals surface area contributed by atoms with Gasteiger partial charge in [-0.2, -0.15) is 0 Å². The summed E-state index contributed by atoms with van der Waals surface area (Å²) in [5.41, 5.74) is 3.24. The monoisotopic (exact) mass is 182 g/mol. The zero-order valence-corrected chi connectivity index (χ0v) is 9.35. The van der Waals surface area contributed by atoms with Gasteiger partial charge >= 0.3 is 0 Å². The van der Waals surface area contributed by atoms with Crippen molar-refractivity contribution in [1.29, 1.82) is 0 Å². The second-order valence-corrected chi connectivity index (χ2v) is 4.41. The van der Waals surface area contributed by atoms with E-state index in [0.29, 0.717) is 0 Å². The summed E-state index contributed by atoms with van der Waals surface area (Å²) in [4.78, 5) is 3.14. The lowest BCUT2D eigenvalue weighted by Crippen LogP contribution is -1.90. The molecule has 1 aromatic heterocycles. The van der Waals surface area contributed by atoms with E-state index in [9.17, 15) is 0 Å². The molecule has 0 atom stereocenters. The van der Waals surface area contributed by atoms with Gasteiger partial charge in [0.2, 0.25) is 0 Å². The van der Waals surface area contributed by atoms with Crippen molar-refractivity contribution in [2.75, 3.05) is 0 Å². The first-order valence-electron chi connectivity index (χ1n) is 4.84. The highest BCUT2D eigenvalue weighted by Crippen LogP contribution is 2.29. The molecule has 0 spiro atoms. The topological polar surface area (TPSA) is 0 Å². The van der Waals surface area contributed by atoms with Gasteiger partial charge < -0.3 is 0 Å². The molecule has 0 saturated heterocycles. The summed E-state index contributed by atoms with van der Waals surface area (Å²) in [6, 6.07) is 0. The van der Waals surface area contributed by atoms with Crippen LogP contribution in [0.1, 0.15) is 41.7 Å². The average molecular weight is 182 g/mol. The fourth-order valence-electron chi connectivity index (χ4n) is 1.85. The Labute approximate surface area is 79.6 Å². The molecule has 0 aromatic carbocycles. The zero-order valence-electron chi connectivity index (χ0n) is 8.53. The molecule has 1 heterocycles. The number of thiophene rings is 1. The third-order valence-electron chi connectivity index (χ3n) is 2.43. The highest BCUT2D eigenvalue weighted by Gasteiger charge is 2.10. The molecule has 0 fully saturated rings. The molecular formula is C11H18S. The lowest BCUT2D eigenvalue weighted by molar-refractivity contribution is 1.01. The van der Waals surface area contributed by atoms with Gasteiger partial charge in [-0.3, -0.25) is 0 Å². The predicted molar refractivity (Wildman–Crippen MR) is 57.2 cm³/mol. The number of hydrogen-bond donors (Lipinski definition) is 0. The lowest BCUT2D eigenvalue weighted by Gasteiger charge is -2.01. The Kier molecular flexibility index (Phi) is 3.33. The highest BCUT2D eigenvalue weighted by atomic mass is 32.1. The van der Waals surface area contributed by atoms with Crippen molar-refractivity contribution >= 4 is 11.3 Å². The van der Waals surface area contributed by atoms with Crippen molar-refractivity contribution < 1.29 is 0 Å². The molecule has 0 aliphatic carbocycles. The second kappa shape index (κ2) is 4.08. The molecular weight excluding hydrogens is 164 g/mol. The molecule has 0 bridgehead atoms. The molecule has 1 heteroatoms. The molecule has 68 valence electrons. The number of hydrogen-bond acceptors (Lipinski definition) is 1. The largest absolute Gasteiger partial charge is 0.145 e. The third-order valence-corrected chi connectivity index (χ3v) is 3.76. The summed E-state index contributed by atoms with van der Waals surface area (Å²) < 4.78 is 0. The summed E-state index contributed by atoms with van der Waals surface area (Å²) in [7, 11) is 0. The number of rotatable bonds is 3. The average Bonchev–Trinajstić information content (AvgIpc) is 2.40. The van der Waals surface area contributed by atoms with Gasteiger partial charge in [-0.05, 0) is 37.3 Å². The second-order valence-electron chi connectivity index (χ2n) is 3.10. The van der Waals surface area contributed by atoms with Crippen molar-refractivity contribution in [2.24, 2.45) is 0 Å². The summed E-state index contributed by atoms with van der Waals surface area (Å²) in [6.07, 6.45) is 3.61. The third kappa shape index (κ3) is 1.56. The molecule has 0 nitrogen and oxygen atoms in total. The minimum absolute atomic E-state index is 1.20. The van der Waals surface area contributed by atoms with Crippen LogP contribution in [0.15, 0.2) is 0 Å². The van der Waals surface area contributed by atoms with E-state index in [1.807, 2.05) is 11.3 Å². The fraction of sp³-hybridized carbons (Fsp3) is 0.636. The highest BCUT2D eigenvalue weighted by molar-refractivity contribution is 7.12. The van der Waals surface area contributed by atoms with Crippen LogP contribution in [0, 0.1) is 6.92 Å². The van der Waals surface area contributed by atoms with Crippen LogP contribution < -0.4 is 0 Å². The fourth-order valence-corrected chi connectivity index (χ4v) is 3.14. The maximum Gasteiger partial charge on any atom is 0.00800 e. The molecule has 0 radical (unpaired) electrons. The van der Waals surface area contributed by atoms with E-state index in [1.165, 1.54) is 24.1 Å². The Bertz CT molecular complexity index is 258. The van der Waals surface area contributed by atoms with E-state index < -0.39 is 0 Å². The summed E-state index contributed by atoms with van der Waals surface area (Å²) in [5.74, 6) is 0. The van der Waals surface area contributed by atoms with Gasteiger partial charge in [0.1, 0.15) is 0 Å². The van der Waals surface area contributed by atoms with Crippen LogP contribution in [0.25, 0.3) is 0 Å². The first-order valence-corrected chi connectivity index (χ1v) is 5.66. The Hall–Kier alpha value is -0.300. The van der Waals surface area contributed by atoms with Crippen molar-refractivity contribution in [3.63, 3.8) is 0 Å². The maximum absolute atomic E-state index is 2.26. The molecule has 1 rings (SSSR count). The summed E-state index contributed by atoms with van der Waals surface area (Å²) in [6.45, 7) is 9.03. The predicted octanol–water partition coefficient (Wildman–Crippen LogP) is 3.74. The Morgan fingerprint density at radius 3 is 1.92 bits per heavy atom. The molecule has 0 aliphatic rings. The molecule has 0 aliphatic heterocycles. The Morgan fingerprint density at radius 2 is 1.50 bits per heavy atom. The van der Waals surface area contributed by atoms with Crippen LogP contribution in [-0.4, -0.2) is 0 Å². The molecule has 0 saturated carbocycles. The first kappa shape index (κ1) is 9.79. The summed E-state index contributed by atoms with van der Waals surface area (Å²) in [5, 5.41) is 0. The van der Waals surface area contributed by atoms with Crippen LogP contribution in [0.4, 0.5) is 0 Å². The normalized spacial score (nSPS) is 10.7. The van der Waals surface area contributed by atoms with Crippen LogP contribution in [0.2, 0.25) is 0 Å². The van der Waals surface area contributed by atoms with Crippen molar-refractivity contribution in [2.45, 2.75) is 47.0 Å². The SMILES string of the molecule is CCc1sc(C)c(CC)c1CC. The smallest absolute Gasteiger partial charge is 0.00800 e. The quantitative estimate of drug-likeness (QED) is 0.668. The Balaban J connectivity index is 3.16. The van der Waals surface area contributed by atoms with Gasteiger partial charge in [-0.15, -0.1) is 11.3 Å². The summed E-state index contributed by atoms with van der Waals surface area (Å²) >= 11 is 1.99. The van der Waals surface area contributed by atoms with E-state index in [0.717, 1.165) is 0 Å². The van der Waals surface area contributed by atoms with E-state index in [1.54, 1.807) is 16.0 Å². The standard InChI is InChI=1S/C11H18S/c1-5-9-8(4)12-11(7-3)10(9)6-2/h5-7H2,1-4H3. The maximum atomic E-state index is 2.26. The first-order chi connectivity index (χ1) is 5.74. The molecule has 1 aromatic rings. The van der Waals surface area contributed by atoms with E-state index in [-0.39, 0.29) is 0 Å². The molecule has 0 unspecified atom stereocenters. The van der Waals surface area contributed by atoms with Gasteiger partial charge in [0.25, 0.3) is 0 Å². The molecule has 0 N–H and O–H groups in total. The van der Waals surface area contributed by atoms with Crippen LogP contribution in [-0.2, 0) is 19.3 Å².